The zero-order valence-corrected chi connectivity index (χ0v) is 18.7. The number of aryl methyl sites for hydroxylation is 1. The van der Waals surface area contributed by atoms with E-state index in [1.165, 1.54) is 16.4 Å². The zero-order chi connectivity index (χ0) is 23.4. The molecular formula is C23H27F3N2O3S. The third-order valence-corrected chi connectivity index (χ3v) is 7.55. The second-order valence-electron chi connectivity index (χ2n) is 8.02. The molecular weight excluding hydrogens is 441 g/mol. The molecule has 1 unspecified atom stereocenters. The Hall–Kier alpha value is -2.39. The minimum atomic E-state index is -4.40. The summed E-state index contributed by atoms with van der Waals surface area (Å²) >= 11 is 0. The molecule has 0 aliphatic carbocycles. The van der Waals surface area contributed by atoms with Gasteiger partial charge < -0.3 is 5.32 Å². The van der Waals surface area contributed by atoms with Crippen molar-refractivity contribution in [2.45, 2.75) is 56.1 Å². The first kappa shape index (κ1) is 24.3. The fourth-order valence-corrected chi connectivity index (χ4v) is 5.22. The number of sulfonamides is 1. The molecule has 32 heavy (non-hydrogen) atoms. The predicted octanol–water partition coefficient (Wildman–Crippen LogP) is 4.69. The maximum Gasteiger partial charge on any atom is 0.416 e. The number of piperidine rings is 1. The predicted molar refractivity (Wildman–Crippen MR) is 115 cm³/mol. The van der Waals surface area contributed by atoms with Crippen molar-refractivity contribution in [2.75, 3.05) is 13.1 Å². The van der Waals surface area contributed by atoms with Crippen molar-refractivity contribution in [3.63, 3.8) is 0 Å². The Morgan fingerprint density at radius 2 is 1.59 bits per heavy atom. The lowest BCUT2D eigenvalue weighted by molar-refractivity contribution is -0.137. The van der Waals surface area contributed by atoms with Gasteiger partial charge in [-0.3, -0.25) is 4.79 Å². The van der Waals surface area contributed by atoms with Crippen LogP contribution in [0.2, 0.25) is 0 Å². The Bertz CT molecular complexity index is 1010. The minimum absolute atomic E-state index is 0.184. The number of amides is 1. The van der Waals surface area contributed by atoms with Crippen molar-refractivity contribution in [3.8, 4) is 0 Å². The van der Waals surface area contributed by atoms with Crippen LogP contribution in [0.5, 0.6) is 0 Å². The number of carbonyl (C=O) groups excluding carboxylic acids is 1. The van der Waals surface area contributed by atoms with Gasteiger partial charge in [-0.25, -0.2) is 8.42 Å². The molecule has 0 bridgehead atoms. The maximum absolute atomic E-state index is 12.7. The first-order valence-corrected chi connectivity index (χ1v) is 12.1. The highest BCUT2D eigenvalue weighted by Crippen LogP contribution is 2.30. The van der Waals surface area contributed by atoms with Gasteiger partial charge in [-0.2, -0.15) is 17.5 Å². The van der Waals surface area contributed by atoms with Crippen molar-refractivity contribution in [1.29, 1.82) is 0 Å². The molecule has 1 aliphatic heterocycles. The Balaban J connectivity index is 1.52. The van der Waals surface area contributed by atoms with Gasteiger partial charge in [-0.05, 0) is 61.6 Å². The van der Waals surface area contributed by atoms with E-state index in [0.717, 1.165) is 37.0 Å². The fourth-order valence-electron chi connectivity index (χ4n) is 3.70. The van der Waals surface area contributed by atoms with Gasteiger partial charge in [0.2, 0.25) is 15.9 Å². The van der Waals surface area contributed by atoms with E-state index in [1.54, 1.807) is 31.2 Å². The third-order valence-electron chi connectivity index (χ3n) is 5.63. The summed E-state index contributed by atoms with van der Waals surface area (Å²) in [5, 5.41) is 2.78. The van der Waals surface area contributed by atoms with Crippen molar-refractivity contribution < 1.29 is 26.4 Å². The fraction of sp³-hybridized carbons (Fsp3) is 0.435. The molecule has 2 aromatic rings. The molecule has 0 saturated carbocycles. The van der Waals surface area contributed by atoms with Crippen LogP contribution < -0.4 is 5.32 Å². The van der Waals surface area contributed by atoms with E-state index in [1.807, 2.05) is 0 Å². The van der Waals surface area contributed by atoms with Gasteiger partial charge in [0.15, 0.2) is 0 Å². The minimum Gasteiger partial charge on any atom is -0.350 e. The highest BCUT2D eigenvalue weighted by molar-refractivity contribution is 7.89. The van der Waals surface area contributed by atoms with Gasteiger partial charge in [-0.15, -0.1) is 0 Å². The van der Waals surface area contributed by atoms with Crippen LogP contribution in [0.4, 0.5) is 13.2 Å². The number of nitrogens with zero attached hydrogens (tertiary/aromatic N) is 1. The lowest BCUT2D eigenvalue weighted by atomic mass is 10.1. The highest BCUT2D eigenvalue weighted by Gasteiger charge is 2.30. The van der Waals surface area contributed by atoms with Crippen molar-refractivity contribution in [2.24, 2.45) is 0 Å². The third kappa shape index (κ3) is 6.10. The van der Waals surface area contributed by atoms with Gasteiger partial charge >= 0.3 is 6.18 Å². The molecule has 2 aromatic carbocycles. The number of halogens is 3. The van der Waals surface area contributed by atoms with E-state index in [9.17, 15) is 26.4 Å². The first-order chi connectivity index (χ1) is 15.1. The van der Waals surface area contributed by atoms with Crippen LogP contribution in [0, 0.1) is 0 Å². The smallest absolute Gasteiger partial charge is 0.350 e. The maximum atomic E-state index is 12.7. The van der Waals surface area contributed by atoms with Crippen LogP contribution in [0.3, 0.4) is 0 Å². The zero-order valence-electron chi connectivity index (χ0n) is 17.9. The van der Waals surface area contributed by atoms with Crippen LogP contribution in [0.25, 0.3) is 0 Å². The van der Waals surface area contributed by atoms with E-state index < -0.39 is 27.8 Å². The number of rotatable bonds is 7. The highest BCUT2D eigenvalue weighted by atomic mass is 32.2. The Morgan fingerprint density at radius 3 is 2.16 bits per heavy atom. The summed E-state index contributed by atoms with van der Waals surface area (Å²) in [4.78, 5) is 12.5. The molecule has 0 radical (unpaired) electrons. The van der Waals surface area contributed by atoms with Crippen LogP contribution >= 0.6 is 0 Å². The quantitative estimate of drug-likeness (QED) is 0.641. The summed E-state index contributed by atoms with van der Waals surface area (Å²) < 4.78 is 64.9. The Morgan fingerprint density at radius 1 is 1.00 bits per heavy atom. The lowest BCUT2D eigenvalue weighted by Crippen LogP contribution is -2.35. The largest absolute Gasteiger partial charge is 0.416 e. The van der Waals surface area contributed by atoms with E-state index in [-0.39, 0.29) is 17.2 Å². The molecule has 9 heteroatoms. The normalized spacial score (nSPS) is 16.5. The molecule has 1 aliphatic rings. The lowest BCUT2D eigenvalue weighted by Gasteiger charge is -2.25. The molecule has 0 spiro atoms. The van der Waals surface area contributed by atoms with Crippen molar-refractivity contribution >= 4 is 15.9 Å². The summed E-state index contributed by atoms with van der Waals surface area (Å²) in [6.45, 7) is 2.80. The number of alkyl halides is 3. The first-order valence-electron chi connectivity index (χ1n) is 10.6. The summed E-state index contributed by atoms with van der Waals surface area (Å²) in [5.74, 6) is -0.234. The SMILES string of the molecule is CC(NC(=O)CCc1ccc(S(=O)(=O)N2CCCCC2)cc1)c1ccc(C(F)(F)F)cc1. The van der Waals surface area contributed by atoms with Gasteiger partial charge in [-0.1, -0.05) is 30.7 Å². The van der Waals surface area contributed by atoms with Crippen molar-refractivity contribution in [1.82, 2.24) is 9.62 Å². The number of nitrogens with one attached hydrogen (secondary N) is 1. The van der Waals surface area contributed by atoms with Crippen LogP contribution in [-0.2, 0) is 27.4 Å². The summed E-state index contributed by atoms with van der Waals surface area (Å²) in [6, 6.07) is 10.8. The number of hydrogen-bond donors (Lipinski definition) is 1. The Kier molecular flexibility index (Phi) is 7.61. The summed E-state index contributed by atoms with van der Waals surface area (Å²) in [6.07, 6.45) is -0.994. The second kappa shape index (κ2) is 10.0. The second-order valence-corrected chi connectivity index (χ2v) is 9.96. The van der Waals surface area contributed by atoms with E-state index >= 15 is 0 Å². The molecule has 0 aromatic heterocycles. The molecule has 1 fully saturated rings. The van der Waals surface area contributed by atoms with Crippen LogP contribution in [-0.4, -0.2) is 31.7 Å². The van der Waals surface area contributed by atoms with Crippen molar-refractivity contribution in [3.05, 3.63) is 65.2 Å². The molecule has 5 nitrogen and oxygen atoms in total. The van der Waals surface area contributed by atoms with Gasteiger partial charge in [0.05, 0.1) is 16.5 Å². The average Bonchev–Trinajstić information content (AvgIpc) is 2.78. The molecule has 1 N–H and O–H groups in total. The standard InChI is InChI=1S/C23H27F3N2O3S/c1-17(19-8-10-20(11-9-19)23(24,25)26)27-22(29)14-7-18-5-12-21(13-6-18)32(30,31)28-15-3-2-4-16-28/h5-6,8-13,17H,2-4,7,14-16H2,1H3,(H,27,29). The van der Waals surface area contributed by atoms with Gasteiger partial charge in [0, 0.05) is 19.5 Å². The van der Waals surface area contributed by atoms with Gasteiger partial charge in [0.25, 0.3) is 0 Å². The number of carbonyl (C=O) groups is 1. The number of benzene rings is 2. The van der Waals surface area contributed by atoms with Gasteiger partial charge in [0.1, 0.15) is 0 Å². The molecule has 1 saturated heterocycles. The van der Waals surface area contributed by atoms with E-state index in [4.69, 9.17) is 0 Å². The topological polar surface area (TPSA) is 66.5 Å². The van der Waals surface area contributed by atoms with Crippen LogP contribution in [0.15, 0.2) is 53.4 Å². The van der Waals surface area contributed by atoms with E-state index in [2.05, 4.69) is 5.32 Å². The number of hydrogen-bond acceptors (Lipinski definition) is 3. The molecule has 1 amide bonds. The van der Waals surface area contributed by atoms with Crippen LogP contribution in [0.1, 0.15) is 55.3 Å². The monoisotopic (exact) mass is 468 g/mol. The molecule has 174 valence electrons. The summed E-state index contributed by atoms with van der Waals surface area (Å²) in [5.41, 5.74) is 0.684. The summed E-state index contributed by atoms with van der Waals surface area (Å²) in [7, 11) is -3.49. The molecule has 3 rings (SSSR count). The molecule has 1 atom stereocenters. The Labute approximate surface area is 186 Å². The average molecular weight is 469 g/mol. The molecule has 1 heterocycles. The van der Waals surface area contributed by atoms with E-state index in [0.29, 0.717) is 25.1 Å².